The van der Waals surface area contributed by atoms with Gasteiger partial charge in [-0.15, -0.1) is 11.8 Å². The number of nitrogens with two attached hydrogens (primary N) is 1. The van der Waals surface area contributed by atoms with Crippen LogP contribution in [0.2, 0.25) is 0 Å². The minimum absolute atomic E-state index is 0.00407. The quantitative estimate of drug-likeness (QED) is 0.532. The highest BCUT2D eigenvalue weighted by Gasteiger charge is 2.29. The van der Waals surface area contributed by atoms with Gasteiger partial charge in [0.1, 0.15) is 33.9 Å². The van der Waals surface area contributed by atoms with E-state index in [0.29, 0.717) is 5.75 Å². The summed E-state index contributed by atoms with van der Waals surface area (Å²) in [6, 6.07) is 11.5. The van der Waals surface area contributed by atoms with Crippen molar-refractivity contribution in [3.8, 4) is 5.75 Å². The third-order valence-corrected chi connectivity index (χ3v) is 6.82. The summed E-state index contributed by atoms with van der Waals surface area (Å²) in [5.74, 6) is -0.867. The van der Waals surface area contributed by atoms with Crippen LogP contribution in [0.15, 0.2) is 63.3 Å². The Bertz CT molecular complexity index is 1180. The number of hydrogen-bond acceptors (Lipinski definition) is 7. The molecule has 158 valence electrons. The van der Waals surface area contributed by atoms with Crippen molar-refractivity contribution < 1.29 is 22.3 Å². The number of rotatable bonds is 7. The van der Waals surface area contributed by atoms with Crippen LogP contribution in [-0.2, 0) is 21.2 Å². The summed E-state index contributed by atoms with van der Waals surface area (Å²) in [5, 5.41) is 6.72. The minimum Gasteiger partial charge on any atom is -0.497 e. The van der Waals surface area contributed by atoms with Crippen LogP contribution in [-0.4, -0.2) is 37.5 Å². The molecule has 3 aromatic rings. The second kappa shape index (κ2) is 8.76. The molecule has 0 radical (unpaired) electrons. The number of thioether (sulfide) groups is 1. The second-order valence-electron chi connectivity index (χ2n) is 6.09. The summed E-state index contributed by atoms with van der Waals surface area (Å²) >= 11 is 1.09. The van der Waals surface area contributed by atoms with Crippen LogP contribution in [0.4, 0.5) is 15.9 Å². The van der Waals surface area contributed by atoms with Gasteiger partial charge in [-0.2, -0.15) is 5.10 Å². The first-order chi connectivity index (χ1) is 14.3. The van der Waals surface area contributed by atoms with Crippen LogP contribution in [0.3, 0.4) is 0 Å². The molecule has 3 N–H and O–H groups in total. The summed E-state index contributed by atoms with van der Waals surface area (Å²) in [6.45, 7) is -0.383. The van der Waals surface area contributed by atoms with E-state index in [0.717, 1.165) is 16.4 Å². The topological polar surface area (TPSA) is 116 Å². The molecular formula is C19H19FN4O4S2. The molecule has 0 fully saturated rings. The van der Waals surface area contributed by atoms with E-state index in [1.807, 2.05) is 0 Å². The second-order valence-corrected chi connectivity index (χ2v) is 8.77. The maximum absolute atomic E-state index is 13.7. The lowest BCUT2D eigenvalue weighted by atomic mass is 10.3. The number of sulfone groups is 1. The first-order valence-corrected chi connectivity index (χ1v) is 11.3. The van der Waals surface area contributed by atoms with E-state index in [4.69, 9.17) is 10.5 Å². The number of carbonyl (C=O) groups excluding carboxylic acids is 1. The monoisotopic (exact) mass is 450 g/mol. The van der Waals surface area contributed by atoms with E-state index in [1.54, 1.807) is 12.3 Å². The Balaban J connectivity index is 1.92. The molecule has 2 aromatic carbocycles. The molecule has 0 saturated carbocycles. The van der Waals surface area contributed by atoms with Crippen LogP contribution in [0.5, 0.6) is 5.75 Å². The van der Waals surface area contributed by atoms with Gasteiger partial charge in [-0.05, 0) is 42.7 Å². The molecule has 30 heavy (non-hydrogen) atoms. The highest BCUT2D eigenvalue weighted by Crippen LogP contribution is 2.34. The molecule has 1 amide bonds. The zero-order valence-corrected chi connectivity index (χ0v) is 17.8. The number of ether oxygens (including phenoxy) is 1. The number of methoxy groups -OCH3 is 1. The molecule has 0 unspecified atom stereocenters. The fourth-order valence-corrected chi connectivity index (χ4v) is 5.13. The number of amides is 1. The Morgan fingerprint density at radius 1 is 1.23 bits per heavy atom. The molecule has 1 aromatic heterocycles. The molecular weight excluding hydrogens is 431 g/mol. The Labute approximate surface area is 177 Å². The predicted octanol–water partition coefficient (Wildman–Crippen LogP) is 2.81. The SMILES string of the molecule is COc1ccc(S(=O)(=O)c2c(SC)nn(CC(=O)Nc3ccccc3F)c2N)cc1. The zero-order valence-electron chi connectivity index (χ0n) is 16.1. The first kappa shape index (κ1) is 21.7. The van der Waals surface area contributed by atoms with E-state index in [2.05, 4.69) is 10.4 Å². The van der Waals surface area contributed by atoms with Gasteiger partial charge in [-0.25, -0.2) is 17.5 Å². The molecule has 0 saturated heterocycles. The number of anilines is 2. The summed E-state index contributed by atoms with van der Waals surface area (Å²) in [7, 11) is -2.52. The largest absolute Gasteiger partial charge is 0.497 e. The van der Waals surface area contributed by atoms with Crippen LogP contribution in [0.25, 0.3) is 0 Å². The van der Waals surface area contributed by atoms with E-state index >= 15 is 0 Å². The van der Waals surface area contributed by atoms with Gasteiger partial charge in [0.15, 0.2) is 0 Å². The molecule has 0 spiro atoms. The molecule has 0 aliphatic carbocycles. The average molecular weight is 451 g/mol. The lowest BCUT2D eigenvalue weighted by molar-refractivity contribution is -0.116. The Morgan fingerprint density at radius 2 is 1.90 bits per heavy atom. The van der Waals surface area contributed by atoms with Crippen LogP contribution in [0, 0.1) is 5.82 Å². The highest BCUT2D eigenvalue weighted by molar-refractivity contribution is 7.99. The standard InChI is InChI=1S/C19H19FN4O4S2/c1-28-12-7-9-13(10-8-12)30(26,27)17-18(21)24(23-19(17)29-2)11-16(25)22-15-6-4-3-5-14(15)20/h3-10H,11,21H2,1-2H3,(H,22,25). The number of nitrogens with zero attached hydrogens (tertiary/aromatic N) is 2. The van der Waals surface area contributed by atoms with E-state index in [-0.39, 0.29) is 32.9 Å². The van der Waals surface area contributed by atoms with Crippen LogP contribution in [0.1, 0.15) is 0 Å². The molecule has 11 heteroatoms. The van der Waals surface area contributed by atoms with Gasteiger partial charge in [0.2, 0.25) is 15.7 Å². The maximum Gasteiger partial charge on any atom is 0.246 e. The highest BCUT2D eigenvalue weighted by atomic mass is 32.2. The normalized spacial score (nSPS) is 11.3. The Kier molecular flexibility index (Phi) is 6.32. The number of carbonyl (C=O) groups is 1. The van der Waals surface area contributed by atoms with Gasteiger partial charge >= 0.3 is 0 Å². The number of benzene rings is 2. The Hall–Kier alpha value is -3.05. The van der Waals surface area contributed by atoms with Crippen molar-refractivity contribution in [2.24, 2.45) is 0 Å². The first-order valence-electron chi connectivity index (χ1n) is 8.61. The summed E-state index contributed by atoms with van der Waals surface area (Å²) < 4.78 is 46.1. The summed E-state index contributed by atoms with van der Waals surface area (Å²) in [5.41, 5.74) is 6.06. The smallest absolute Gasteiger partial charge is 0.246 e. The molecule has 0 aliphatic heterocycles. The number of nitrogens with one attached hydrogen (secondary N) is 1. The number of nitrogen functional groups attached to an aromatic ring is 1. The minimum atomic E-state index is -3.99. The van der Waals surface area contributed by atoms with Crippen LogP contribution >= 0.6 is 11.8 Å². The Morgan fingerprint density at radius 3 is 2.50 bits per heavy atom. The van der Waals surface area contributed by atoms with Crippen molar-refractivity contribution in [2.75, 3.05) is 24.4 Å². The van der Waals surface area contributed by atoms with E-state index in [9.17, 15) is 17.6 Å². The third-order valence-electron chi connectivity index (χ3n) is 4.19. The van der Waals surface area contributed by atoms with Crippen molar-refractivity contribution in [1.29, 1.82) is 0 Å². The molecule has 1 heterocycles. The number of aromatic nitrogens is 2. The molecule has 8 nitrogen and oxygen atoms in total. The maximum atomic E-state index is 13.7. The van der Waals surface area contributed by atoms with Crippen molar-refractivity contribution in [3.63, 3.8) is 0 Å². The van der Waals surface area contributed by atoms with E-state index < -0.39 is 21.6 Å². The van der Waals surface area contributed by atoms with Gasteiger partial charge in [0, 0.05) is 0 Å². The van der Waals surface area contributed by atoms with Crippen molar-refractivity contribution in [3.05, 3.63) is 54.3 Å². The number of halogens is 1. The van der Waals surface area contributed by atoms with Gasteiger partial charge in [-0.3, -0.25) is 4.79 Å². The third kappa shape index (κ3) is 4.26. The fraction of sp³-hybridized carbons (Fsp3) is 0.158. The zero-order chi connectivity index (χ0) is 21.9. The molecule has 0 aliphatic rings. The lowest BCUT2D eigenvalue weighted by Gasteiger charge is -2.08. The van der Waals surface area contributed by atoms with Gasteiger partial charge < -0.3 is 15.8 Å². The number of hydrogen-bond donors (Lipinski definition) is 2. The predicted molar refractivity (Wildman–Crippen MR) is 112 cm³/mol. The van der Waals surface area contributed by atoms with Crippen molar-refractivity contribution in [1.82, 2.24) is 9.78 Å². The average Bonchev–Trinajstić information content (AvgIpc) is 3.05. The number of para-hydroxylation sites is 1. The fourth-order valence-electron chi connectivity index (χ4n) is 2.70. The van der Waals surface area contributed by atoms with Gasteiger partial charge in [-0.1, -0.05) is 12.1 Å². The van der Waals surface area contributed by atoms with Crippen molar-refractivity contribution in [2.45, 2.75) is 21.4 Å². The summed E-state index contributed by atoms with van der Waals surface area (Å²) in [4.78, 5) is 12.2. The molecule has 0 bridgehead atoms. The van der Waals surface area contributed by atoms with Gasteiger partial charge in [0.05, 0.1) is 17.7 Å². The van der Waals surface area contributed by atoms with Crippen LogP contribution < -0.4 is 15.8 Å². The van der Waals surface area contributed by atoms with Gasteiger partial charge in [0.25, 0.3) is 0 Å². The summed E-state index contributed by atoms with van der Waals surface area (Å²) in [6.07, 6.45) is 1.65. The van der Waals surface area contributed by atoms with Crippen molar-refractivity contribution >= 4 is 39.0 Å². The molecule has 3 rings (SSSR count). The molecule has 0 atom stereocenters. The van der Waals surface area contributed by atoms with E-state index in [1.165, 1.54) is 49.6 Å². The lowest BCUT2D eigenvalue weighted by Crippen LogP contribution is -2.21.